The van der Waals surface area contributed by atoms with Crippen molar-refractivity contribution < 1.29 is 52.1 Å². The number of hydrogen-bond acceptors (Lipinski definition) is 12. The average molecular weight is 564 g/mol. The van der Waals surface area contributed by atoms with Crippen LogP contribution in [-0.4, -0.2) is 139 Å². The van der Waals surface area contributed by atoms with Crippen molar-refractivity contribution in [2.24, 2.45) is 0 Å². The fourth-order valence-electron chi connectivity index (χ4n) is 2.83. The largest absolute Gasteiger partial charge is 0.489 e. The number of anilines is 1. The summed E-state index contributed by atoms with van der Waals surface area (Å²) in [6.07, 6.45) is 0. The van der Waals surface area contributed by atoms with Crippen LogP contribution in [-0.2, 0) is 47.4 Å². The van der Waals surface area contributed by atoms with Crippen LogP contribution in [0.1, 0.15) is 0 Å². The molecule has 0 aliphatic rings. The molecule has 1 aromatic carbocycles. The van der Waals surface area contributed by atoms with Crippen molar-refractivity contribution in [1.82, 2.24) is 0 Å². The lowest BCUT2D eigenvalue weighted by Gasteiger charge is -2.09. The van der Waals surface area contributed by atoms with Gasteiger partial charge in [-0.25, -0.2) is 0 Å². The minimum atomic E-state index is 0.441. The minimum Gasteiger partial charge on any atom is -0.489 e. The summed E-state index contributed by atoms with van der Waals surface area (Å²) < 4.78 is 59.3. The van der Waals surface area contributed by atoms with Crippen LogP contribution in [0.4, 0.5) is 5.69 Å². The molecule has 0 aliphatic heterocycles. The van der Waals surface area contributed by atoms with Crippen molar-refractivity contribution in [3.8, 4) is 5.75 Å². The summed E-state index contributed by atoms with van der Waals surface area (Å²) >= 11 is 0. The number of nitrogen functional groups attached to an aromatic ring is 1. The number of para-hydroxylation sites is 2. The zero-order chi connectivity index (χ0) is 27.9. The Labute approximate surface area is 233 Å². The summed E-state index contributed by atoms with van der Waals surface area (Å²) in [4.78, 5) is 0. The molecule has 0 aliphatic carbocycles. The van der Waals surface area contributed by atoms with Gasteiger partial charge in [0, 0.05) is 7.11 Å². The van der Waals surface area contributed by atoms with E-state index in [9.17, 15) is 0 Å². The molecule has 0 aromatic heterocycles. The van der Waals surface area contributed by atoms with Crippen LogP contribution >= 0.6 is 0 Å². The van der Waals surface area contributed by atoms with E-state index in [0.717, 1.165) is 0 Å². The van der Waals surface area contributed by atoms with Gasteiger partial charge in [-0.15, -0.1) is 0 Å². The number of ether oxygens (including phenoxy) is 11. The Morgan fingerprint density at radius 3 is 1.00 bits per heavy atom. The molecule has 0 saturated heterocycles. The first-order valence-electron chi connectivity index (χ1n) is 13.5. The lowest BCUT2D eigenvalue weighted by molar-refractivity contribution is -0.0262. The number of benzene rings is 1. The molecule has 0 spiro atoms. The van der Waals surface area contributed by atoms with Crippen molar-refractivity contribution in [3.05, 3.63) is 24.3 Å². The Balaban J connectivity index is 1.64. The van der Waals surface area contributed by atoms with Crippen molar-refractivity contribution in [1.29, 1.82) is 0 Å². The molecule has 0 bridgehead atoms. The zero-order valence-corrected chi connectivity index (χ0v) is 23.5. The molecule has 0 heterocycles. The number of nitrogens with two attached hydrogens (primary N) is 1. The summed E-state index contributed by atoms with van der Waals surface area (Å²) in [6, 6.07) is 7.38. The second-order valence-electron chi connectivity index (χ2n) is 7.89. The maximum absolute atomic E-state index is 5.81. The van der Waals surface area contributed by atoms with Crippen LogP contribution < -0.4 is 10.5 Å². The van der Waals surface area contributed by atoms with Gasteiger partial charge in [-0.1, -0.05) is 12.1 Å². The molecular formula is C27H49NO11. The van der Waals surface area contributed by atoms with Crippen molar-refractivity contribution in [2.75, 3.05) is 145 Å². The van der Waals surface area contributed by atoms with Crippen LogP contribution in [0.2, 0.25) is 0 Å². The third kappa shape index (κ3) is 25.2. The first-order valence-corrected chi connectivity index (χ1v) is 13.5. The number of rotatable bonds is 31. The molecule has 1 aromatic rings. The molecule has 12 heteroatoms. The first kappa shape index (κ1) is 35.4. The Bertz CT molecular complexity index is 627. The van der Waals surface area contributed by atoms with E-state index in [0.29, 0.717) is 144 Å². The highest BCUT2D eigenvalue weighted by atomic mass is 16.6. The van der Waals surface area contributed by atoms with Crippen LogP contribution in [0.3, 0.4) is 0 Å². The van der Waals surface area contributed by atoms with Gasteiger partial charge in [0.15, 0.2) is 0 Å². The van der Waals surface area contributed by atoms with E-state index >= 15 is 0 Å². The van der Waals surface area contributed by atoms with E-state index in [4.69, 9.17) is 57.8 Å². The van der Waals surface area contributed by atoms with Crippen LogP contribution in [0.15, 0.2) is 24.3 Å². The molecule has 0 unspecified atom stereocenters. The number of methoxy groups -OCH3 is 1. The molecule has 0 radical (unpaired) electrons. The van der Waals surface area contributed by atoms with Crippen molar-refractivity contribution >= 4 is 5.69 Å². The van der Waals surface area contributed by atoms with E-state index in [1.165, 1.54) is 0 Å². The Kier molecular flexibility index (Phi) is 26.7. The van der Waals surface area contributed by atoms with Gasteiger partial charge in [0.25, 0.3) is 0 Å². The predicted octanol–water partition coefficient (Wildman–Crippen LogP) is 1.44. The molecule has 0 amide bonds. The molecule has 0 fully saturated rings. The van der Waals surface area contributed by atoms with E-state index in [1.807, 2.05) is 18.2 Å². The van der Waals surface area contributed by atoms with Crippen molar-refractivity contribution in [2.45, 2.75) is 0 Å². The van der Waals surface area contributed by atoms with Gasteiger partial charge < -0.3 is 57.8 Å². The SMILES string of the molecule is COCCOCCOCCOCCOCCOCCOCCOCCOCCOCCOc1ccccc1N. The van der Waals surface area contributed by atoms with Gasteiger partial charge >= 0.3 is 0 Å². The van der Waals surface area contributed by atoms with Crippen LogP contribution in [0, 0.1) is 0 Å². The van der Waals surface area contributed by atoms with Crippen molar-refractivity contribution in [3.63, 3.8) is 0 Å². The number of hydrogen-bond donors (Lipinski definition) is 1. The summed E-state index contributed by atoms with van der Waals surface area (Å²) in [5, 5.41) is 0. The molecular weight excluding hydrogens is 514 g/mol. The first-order chi connectivity index (χ1) is 19.3. The van der Waals surface area contributed by atoms with Gasteiger partial charge in [-0.05, 0) is 12.1 Å². The normalized spacial score (nSPS) is 11.3. The quantitative estimate of drug-likeness (QED) is 0.104. The monoisotopic (exact) mass is 563 g/mol. The second-order valence-corrected chi connectivity index (χ2v) is 7.89. The fraction of sp³-hybridized carbons (Fsp3) is 0.778. The molecule has 2 N–H and O–H groups in total. The molecule has 0 atom stereocenters. The second kappa shape index (κ2) is 29.4. The highest BCUT2D eigenvalue weighted by Crippen LogP contribution is 2.19. The lowest BCUT2D eigenvalue weighted by Crippen LogP contribution is -2.15. The van der Waals surface area contributed by atoms with Gasteiger partial charge in [-0.2, -0.15) is 0 Å². The summed E-state index contributed by atoms with van der Waals surface area (Å²) in [5.74, 6) is 0.670. The topological polar surface area (TPSA) is 128 Å². The summed E-state index contributed by atoms with van der Waals surface area (Å²) in [7, 11) is 1.65. The minimum absolute atomic E-state index is 0.441. The highest BCUT2D eigenvalue weighted by molar-refractivity contribution is 5.51. The molecule has 0 saturated carbocycles. The average Bonchev–Trinajstić information content (AvgIpc) is 2.95. The van der Waals surface area contributed by atoms with Gasteiger partial charge in [0.1, 0.15) is 12.4 Å². The van der Waals surface area contributed by atoms with E-state index in [2.05, 4.69) is 0 Å². The highest BCUT2D eigenvalue weighted by Gasteiger charge is 1.98. The third-order valence-corrected chi connectivity index (χ3v) is 4.81. The maximum Gasteiger partial charge on any atom is 0.142 e. The molecule has 12 nitrogen and oxygen atoms in total. The Hall–Kier alpha value is -1.58. The molecule has 39 heavy (non-hydrogen) atoms. The molecule has 228 valence electrons. The fourth-order valence-corrected chi connectivity index (χ4v) is 2.83. The molecule has 1 rings (SSSR count). The smallest absolute Gasteiger partial charge is 0.142 e. The Morgan fingerprint density at radius 2 is 0.692 bits per heavy atom. The van der Waals surface area contributed by atoms with Gasteiger partial charge in [0.2, 0.25) is 0 Å². The summed E-state index contributed by atoms with van der Waals surface area (Å²) in [5.41, 5.74) is 6.43. The summed E-state index contributed by atoms with van der Waals surface area (Å²) in [6.45, 7) is 10.4. The van der Waals surface area contributed by atoms with Gasteiger partial charge in [0.05, 0.1) is 131 Å². The van der Waals surface area contributed by atoms with E-state index in [-0.39, 0.29) is 0 Å². The zero-order valence-electron chi connectivity index (χ0n) is 23.5. The van der Waals surface area contributed by atoms with Crippen LogP contribution in [0.25, 0.3) is 0 Å². The maximum atomic E-state index is 5.81. The van der Waals surface area contributed by atoms with E-state index in [1.54, 1.807) is 13.2 Å². The van der Waals surface area contributed by atoms with Crippen LogP contribution in [0.5, 0.6) is 5.75 Å². The predicted molar refractivity (Wildman–Crippen MR) is 146 cm³/mol. The standard InChI is InChI=1S/C27H49NO11/c1-29-6-7-30-8-9-31-10-11-32-12-13-33-14-15-34-16-17-35-18-19-36-20-21-37-22-23-38-24-25-39-27-5-3-2-4-26(27)28/h2-5H,6-25,28H2,1H3. The third-order valence-electron chi connectivity index (χ3n) is 4.81. The lowest BCUT2D eigenvalue weighted by atomic mass is 10.3. The van der Waals surface area contributed by atoms with E-state index < -0.39 is 0 Å². The Morgan fingerprint density at radius 1 is 0.410 bits per heavy atom. The van der Waals surface area contributed by atoms with Gasteiger partial charge in [-0.3, -0.25) is 0 Å².